The van der Waals surface area contributed by atoms with Crippen molar-refractivity contribution in [3.05, 3.63) is 53.3 Å². The van der Waals surface area contributed by atoms with Crippen LogP contribution in [0.3, 0.4) is 0 Å². The lowest BCUT2D eigenvalue weighted by atomic mass is 10.2. The molecule has 0 aliphatic rings. The fourth-order valence-electron chi connectivity index (χ4n) is 3.23. The molecule has 0 saturated carbocycles. The summed E-state index contributed by atoms with van der Waals surface area (Å²) in [5.41, 5.74) is 5.70. The monoisotopic (exact) mass is 408 g/mol. The normalized spacial score (nSPS) is 11.2. The van der Waals surface area contributed by atoms with Gasteiger partial charge >= 0.3 is 0 Å². The summed E-state index contributed by atoms with van der Waals surface area (Å²) in [4.78, 5) is 17.0. The maximum absolute atomic E-state index is 12.5. The Morgan fingerprint density at radius 1 is 1.20 bits per heavy atom. The van der Waals surface area contributed by atoms with Crippen molar-refractivity contribution >= 4 is 23.2 Å². The quantitative estimate of drug-likeness (QED) is 0.325. The third-order valence-corrected chi connectivity index (χ3v) is 4.84. The number of amides is 1. The zero-order valence-corrected chi connectivity index (χ0v) is 17.9. The van der Waals surface area contributed by atoms with Gasteiger partial charge in [0.15, 0.2) is 11.5 Å². The Kier molecular flexibility index (Phi) is 7.06. The number of imidazole rings is 1. The van der Waals surface area contributed by atoms with Crippen LogP contribution in [0, 0.1) is 6.92 Å². The van der Waals surface area contributed by atoms with Crippen molar-refractivity contribution in [2.24, 2.45) is 5.10 Å². The van der Waals surface area contributed by atoms with E-state index >= 15 is 0 Å². The summed E-state index contributed by atoms with van der Waals surface area (Å²) in [5.74, 6) is 1.97. The number of carbonyl (C=O) groups excluding carboxylic acids is 1. The largest absolute Gasteiger partial charge is 0.493 e. The van der Waals surface area contributed by atoms with Crippen LogP contribution in [0.25, 0.3) is 11.0 Å². The molecule has 0 aliphatic heterocycles. The van der Waals surface area contributed by atoms with E-state index < -0.39 is 0 Å². The van der Waals surface area contributed by atoms with Gasteiger partial charge in [0.1, 0.15) is 5.82 Å². The van der Waals surface area contributed by atoms with Gasteiger partial charge in [0, 0.05) is 12.1 Å². The van der Waals surface area contributed by atoms with Gasteiger partial charge in [-0.05, 0) is 62.2 Å². The predicted molar refractivity (Wildman–Crippen MR) is 119 cm³/mol. The van der Waals surface area contributed by atoms with E-state index in [4.69, 9.17) is 9.47 Å². The van der Waals surface area contributed by atoms with Gasteiger partial charge in [-0.2, -0.15) is 5.10 Å². The molecule has 0 aliphatic carbocycles. The molecule has 0 bridgehead atoms. The van der Waals surface area contributed by atoms with Gasteiger partial charge in [-0.15, -0.1) is 0 Å². The molecule has 2 aromatic carbocycles. The van der Waals surface area contributed by atoms with E-state index in [2.05, 4.69) is 33.9 Å². The molecule has 1 aromatic heterocycles. The number of hydrazone groups is 1. The van der Waals surface area contributed by atoms with Crippen molar-refractivity contribution in [2.75, 3.05) is 13.7 Å². The van der Waals surface area contributed by atoms with E-state index in [1.807, 2.05) is 31.2 Å². The van der Waals surface area contributed by atoms with E-state index in [9.17, 15) is 4.79 Å². The topological polar surface area (TPSA) is 77.7 Å². The molecule has 7 nitrogen and oxygen atoms in total. The van der Waals surface area contributed by atoms with E-state index in [0.29, 0.717) is 23.7 Å². The van der Waals surface area contributed by atoms with Crippen molar-refractivity contribution < 1.29 is 14.3 Å². The third-order valence-electron chi connectivity index (χ3n) is 4.84. The zero-order valence-electron chi connectivity index (χ0n) is 17.9. The molecule has 0 spiro atoms. The number of nitrogens with one attached hydrogen (secondary N) is 1. The molecule has 158 valence electrons. The lowest BCUT2D eigenvalue weighted by Crippen LogP contribution is -2.17. The van der Waals surface area contributed by atoms with E-state index in [1.54, 1.807) is 25.5 Å². The van der Waals surface area contributed by atoms with Crippen LogP contribution in [0.4, 0.5) is 0 Å². The van der Waals surface area contributed by atoms with Crippen LogP contribution in [0.2, 0.25) is 0 Å². The number of fused-ring (bicyclic) bond motifs is 1. The van der Waals surface area contributed by atoms with Crippen LogP contribution in [0.15, 0.2) is 41.5 Å². The van der Waals surface area contributed by atoms with Gasteiger partial charge in [0.2, 0.25) is 0 Å². The molecule has 1 amide bonds. The Labute approximate surface area is 176 Å². The van der Waals surface area contributed by atoms with Crippen LogP contribution < -0.4 is 14.9 Å². The number of methoxy groups -OCH3 is 1. The Hall–Kier alpha value is -3.35. The minimum absolute atomic E-state index is 0.287. The molecule has 0 unspecified atom stereocenters. The number of benzene rings is 2. The Balaban J connectivity index is 1.69. The number of aryl methyl sites for hydroxylation is 2. The minimum atomic E-state index is -0.287. The van der Waals surface area contributed by atoms with E-state index in [-0.39, 0.29) is 5.91 Å². The second-order valence-electron chi connectivity index (χ2n) is 6.92. The van der Waals surface area contributed by atoms with Crippen LogP contribution >= 0.6 is 0 Å². The molecule has 0 radical (unpaired) electrons. The predicted octanol–water partition coefficient (Wildman–Crippen LogP) is 4.32. The van der Waals surface area contributed by atoms with Crippen LogP contribution in [-0.4, -0.2) is 35.4 Å². The lowest BCUT2D eigenvalue weighted by Gasteiger charge is -2.10. The smallest absolute Gasteiger partial charge is 0.271 e. The van der Waals surface area contributed by atoms with Crippen LogP contribution in [0.1, 0.15) is 48.4 Å². The number of hydrogen-bond donors (Lipinski definition) is 1. The molecule has 0 atom stereocenters. The SMILES string of the molecule is CCCCOc1cc(/C=N\NC(=O)c2ccc3c(c2)nc(C)n3CC)ccc1OC. The molecule has 0 fully saturated rings. The molecule has 7 heteroatoms. The molecule has 3 rings (SSSR count). The fraction of sp³-hybridized carbons (Fsp3) is 0.348. The number of nitrogens with zero attached hydrogens (tertiary/aromatic N) is 3. The van der Waals surface area contributed by atoms with Crippen LogP contribution in [-0.2, 0) is 6.54 Å². The molecular formula is C23H28N4O3. The summed E-state index contributed by atoms with van der Waals surface area (Å²) < 4.78 is 13.2. The maximum Gasteiger partial charge on any atom is 0.271 e. The first-order valence-electron chi connectivity index (χ1n) is 10.2. The summed E-state index contributed by atoms with van der Waals surface area (Å²) in [6.07, 6.45) is 3.61. The van der Waals surface area contributed by atoms with Gasteiger partial charge in [0.25, 0.3) is 5.91 Å². The average molecular weight is 409 g/mol. The maximum atomic E-state index is 12.5. The summed E-state index contributed by atoms with van der Waals surface area (Å²) >= 11 is 0. The second-order valence-corrected chi connectivity index (χ2v) is 6.92. The minimum Gasteiger partial charge on any atom is -0.493 e. The molecule has 30 heavy (non-hydrogen) atoms. The highest BCUT2D eigenvalue weighted by molar-refractivity contribution is 5.98. The Morgan fingerprint density at radius 2 is 2.03 bits per heavy atom. The van der Waals surface area contributed by atoms with Gasteiger partial charge < -0.3 is 14.0 Å². The van der Waals surface area contributed by atoms with Crippen molar-refractivity contribution in [1.82, 2.24) is 15.0 Å². The number of ether oxygens (including phenoxy) is 2. The first kappa shape index (κ1) is 21.4. The molecule has 1 N–H and O–H groups in total. The van der Waals surface area contributed by atoms with Crippen molar-refractivity contribution in [3.63, 3.8) is 0 Å². The summed E-state index contributed by atoms with van der Waals surface area (Å²) in [5, 5.41) is 4.08. The highest BCUT2D eigenvalue weighted by atomic mass is 16.5. The Bertz CT molecular complexity index is 1060. The van der Waals surface area contributed by atoms with Crippen LogP contribution in [0.5, 0.6) is 11.5 Å². The first-order valence-corrected chi connectivity index (χ1v) is 10.2. The number of carbonyl (C=O) groups is 1. The van der Waals surface area contributed by atoms with E-state index in [0.717, 1.165) is 41.8 Å². The summed E-state index contributed by atoms with van der Waals surface area (Å²) in [6, 6.07) is 11.0. The highest BCUT2D eigenvalue weighted by Gasteiger charge is 2.10. The standard InChI is InChI=1S/C23H28N4O3/c1-5-7-12-30-22-13-17(8-11-21(22)29-4)15-24-26-23(28)18-9-10-20-19(14-18)25-16(3)27(20)6-2/h8-11,13-15H,5-7,12H2,1-4H3,(H,26,28)/b24-15-. The number of unbranched alkanes of at least 4 members (excludes halogenated alkanes) is 1. The second kappa shape index (κ2) is 9.91. The number of hydrogen-bond acceptors (Lipinski definition) is 5. The number of aromatic nitrogens is 2. The first-order chi connectivity index (χ1) is 14.6. The van der Waals surface area contributed by atoms with E-state index in [1.165, 1.54) is 0 Å². The average Bonchev–Trinajstić information content (AvgIpc) is 3.08. The fourth-order valence-corrected chi connectivity index (χ4v) is 3.23. The zero-order chi connectivity index (χ0) is 21.5. The summed E-state index contributed by atoms with van der Waals surface area (Å²) in [7, 11) is 1.61. The van der Waals surface area contributed by atoms with Gasteiger partial charge in [-0.3, -0.25) is 4.79 Å². The third kappa shape index (κ3) is 4.79. The van der Waals surface area contributed by atoms with Crippen molar-refractivity contribution in [3.8, 4) is 11.5 Å². The molecular weight excluding hydrogens is 380 g/mol. The molecule has 0 saturated heterocycles. The van der Waals surface area contributed by atoms with Crippen molar-refractivity contribution in [1.29, 1.82) is 0 Å². The number of rotatable bonds is 9. The van der Waals surface area contributed by atoms with Crippen molar-refractivity contribution in [2.45, 2.75) is 40.2 Å². The lowest BCUT2D eigenvalue weighted by molar-refractivity contribution is 0.0955. The van der Waals surface area contributed by atoms with Gasteiger partial charge in [-0.25, -0.2) is 10.4 Å². The molecule has 1 heterocycles. The highest BCUT2D eigenvalue weighted by Crippen LogP contribution is 2.27. The van der Waals surface area contributed by atoms with Gasteiger partial charge in [0.05, 0.1) is 31.0 Å². The molecule has 3 aromatic rings. The Morgan fingerprint density at radius 3 is 2.77 bits per heavy atom. The van der Waals surface area contributed by atoms with Gasteiger partial charge in [-0.1, -0.05) is 13.3 Å². The summed E-state index contributed by atoms with van der Waals surface area (Å²) in [6.45, 7) is 7.61.